The number of benzene rings is 2. The summed E-state index contributed by atoms with van der Waals surface area (Å²) >= 11 is 3.41. The van der Waals surface area contributed by atoms with Crippen molar-refractivity contribution in [3.05, 3.63) is 46.4 Å². The molecule has 0 aliphatic rings. The Morgan fingerprint density at radius 3 is 2.39 bits per heavy atom. The zero-order chi connectivity index (χ0) is 16.8. The zero-order valence-electron chi connectivity index (χ0n) is 12.9. The second-order valence-corrected chi connectivity index (χ2v) is 5.51. The molecule has 0 radical (unpaired) electrons. The average molecular weight is 380 g/mol. The van der Waals surface area contributed by atoms with Gasteiger partial charge in [-0.25, -0.2) is 0 Å². The van der Waals surface area contributed by atoms with Crippen LogP contribution >= 0.6 is 15.9 Å². The van der Waals surface area contributed by atoms with Crippen molar-refractivity contribution in [2.45, 2.75) is 13.8 Å². The third kappa shape index (κ3) is 4.39. The standard InChI is InChI=1S/C17H18BrNO4/c1-3-22-15-10-11(9-14(18)16(15)23-4-2)17(21)19-12-5-7-13(20)8-6-12/h5-10,20H,3-4H2,1-2H3,(H,19,21). The summed E-state index contributed by atoms with van der Waals surface area (Å²) in [6.45, 7) is 4.72. The highest BCUT2D eigenvalue weighted by atomic mass is 79.9. The topological polar surface area (TPSA) is 67.8 Å². The van der Waals surface area contributed by atoms with E-state index in [0.717, 1.165) is 0 Å². The molecule has 2 N–H and O–H groups in total. The largest absolute Gasteiger partial charge is 0.508 e. The van der Waals surface area contributed by atoms with Gasteiger partial charge in [-0.15, -0.1) is 0 Å². The molecule has 2 aromatic carbocycles. The molecule has 2 aromatic rings. The molecule has 0 spiro atoms. The minimum atomic E-state index is -0.277. The van der Waals surface area contributed by atoms with E-state index in [-0.39, 0.29) is 11.7 Å². The van der Waals surface area contributed by atoms with E-state index >= 15 is 0 Å². The number of rotatable bonds is 6. The Hall–Kier alpha value is -2.21. The SMILES string of the molecule is CCOc1cc(C(=O)Nc2ccc(O)cc2)cc(Br)c1OCC. The van der Waals surface area contributed by atoms with Crippen LogP contribution in [0.2, 0.25) is 0 Å². The fraction of sp³-hybridized carbons (Fsp3) is 0.235. The molecule has 23 heavy (non-hydrogen) atoms. The van der Waals surface area contributed by atoms with Crippen molar-refractivity contribution in [3.63, 3.8) is 0 Å². The molecule has 1 amide bonds. The highest BCUT2D eigenvalue weighted by molar-refractivity contribution is 9.10. The normalized spacial score (nSPS) is 10.2. The predicted molar refractivity (Wildman–Crippen MR) is 92.5 cm³/mol. The Morgan fingerprint density at radius 2 is 1.78 bits per heavy atom. The Bertz CT molecular complexity index is 686. The van der Waals surface area contributed by atoms with Gasteiger partial charge in [0.05, 0.1) is 17.7 Å². The fourth-order valence-corrected chi connectivity index (χ4v) is 2.55. The van der Waals surface area contributed by atoms with Crippen molar-refractivity contribution in [1.82, 2.24) is 0 Å². The maximum atomic E-state index is 12.4. The van der Waals surface area contributed by atoms with Gasteiger partial charge in [0.25, 0.3) is 5.91 Å². The molecule has 5 nitrogen and oxygen atoms in total. The molecule has 0 heterocycles. The molecule has 0 unspecified atom stereocenters. The first-order chi connectivity index (χ1) is 11.0. The van der Waals surface area contributed by atoms with Gasteiger partial charge in [-0.05, 0) is 66.2 Å². The van der Waals surface area contributed by atoms with Gasteiger partial charge >= 0.3 is 0 Å². The van der Waals surface area contributed by atoms with Crippen LogP contribution in [-0.2, 0) is 0 Å². The lowest BCUT2D eigenvalue weighted by Gasteiger charge is -2.14. The van der Waals surface area contributed by atoms with Crippen LogP contribution in [0.4, 0.5) is 5.69 Å². The average Bonchev–Trinajstić information content (AvgIpc) is 2.53. The number of phenolic OH excluding ortho intramolecular Hbond substituents is 1. The second kappa shape index (κ2) is 7.87. The van der Waals surface area contributed by atoms with E-state index in [1.807, 2.05) is 13.8 Å². The number of carbonyl (C=O) groups excluding carboxylic acids is 1. The van der Waals surface area contributed by atoms with Gasteiger partial charge < -0.3 is 19.9 Å². The van der Waals surface area contributed by atoms with Crippen molar-refractivity contribution in [2.24, 2.45) is 0 Å². The van der Waals surface area contributed by atoms with Crippen LogP contribution in [0.1, 0.15) is 24.2 Å². The van der Waals surface area contributed by atoms with Gasteiger partial charge in [0.15, 0.2) is 11.5 Å². The molecular formula is C17H18BrNO4. The first kappa shape index (κ1) is 17.1. The molecular weight excluding hydrogens is 362 g/mol. The fourth-order valence-electron chi connectivity index (χ4n) is 1.99. The smallest absolute Gasteiger partial charge is 0.255 e. The predicted octanol–water partition coefficient (Wildman–Crippen LogP) is 4.20. The van der Waals surface area contributed by atoms with Crippen LogP contribution in [0.25, 0.3) is 0 Å². The van der Waals surface area contributed by atoms with Crippen molar-refractivity contribution >= 4 is 27.5 Å². The summed E-state index contributed by atoms with van der Waals surface area (Å²) in [6.07, 6.45) is 0. The van der Waals surface area contributed by atoms with Gasteiger partial charge in [0.2, 0.25) is 0 Å². The molecule has 122 valence electrons. The van der Waals surface area contributed by atoms with Gasteiger partial charge in [-0.2, -0.15) is 0 Å². The van der Waals surface area contributed by atoms with Crippen LogP contribution in [-0.4, -0.2) is 24.2 Å². The lowest BCUT2D eigenvalue weighted by molar-refractivity contribution is 0.102. The van der Waals surface area contributed by atoms with Crippen molar-refractivity contribution < 1.29 is 19.4 Å². The molecule has 0 aliphatic carbocycles. The van der Waals surface area contributed by atoms with Gasteiger partial charge in [0.1, 0.15) is 5.75 Å². The Labute approximate surface area is 143 Å². The van der Waals surface area contributed by atoms with E-state index in [4.69, 9.17) is 9.47 Å². The monoisotopic (exact) mass is 379 g/mol. The number of halogens is 1. The number of hydrogen-bond acceptors (Lipinski definition) is 4. The summed E-state index contributed by atoms with van der Waals surface area (Å²) in [5.41, 5.74) is 1.03. The van der Waals surface area contributed by atoms with Crippen LogP contribution < -0.4 is 14.8 Å². The Kier molecular flexibility index (Phi) is 5.87. The summed E-state index contributed by atoms with van der Waals surface area (Å²) in [7, 11) is 0. The van der Waals surface area contributed by atoms with Crippen LogP contribution in [0, 0.1) is 0 Å². The van der Waals surface area contributed by atoms with E-state index in [2.05, 4.69) is 21.2 Å². The molecule has 0 aliphatic heterocycles. The highest BCUT2D eigenvalue weighted by Gasteiger charge is 2.16. The third-order valence-electron chi connectivity index (χ3n) is 2.99. The number of amides is 1. The minimum absolute atomic E-state index is 0.144. The second-order valence-electron chi connectivity index (χ2n) is 4.65. The number of aromatic hydroxyl groups is 1. The number of nitrogens with one attached hydrogen (secondary N) is 1. The molecule has 0 saturated carbocycles. The first-order valence-electron chi connectivity index (χ1n) is 7.24. The highest BCUT2D eigenvalue weighted by Crippen LogP contribution is 2.37. The lowest BCUT2D eigenvalue weighted by Crippen LogP contribution is -2.12. The van der Waals surface area contributed by atoms with Crippen LogP contribution in [0.5, 0.6) is 17.2 Å². The minimum Gasteiger partial charge on any atom is -0.508 e. The zero-order valence-corrected chi connectivity index (χ0v) is 14.5. The number of ether oxygens (including phenoxy) is 2. The van der Waals surface area contributed by atoms with E-state index in [0.29, 0.717) is 40.4 Å². The van der Waals surface area contributed by atoms with Gasteiger partial charge in [-0.1, -0.05) is 0 Å². The van der Waals surface area contributed by atoms with E-state index < -0.39 is 0 Å². The number of hydrogen-bond donors (Lipinski definition) is 2. The lowest BCUT2D eigenvalue weighted by atomic mass is 10.1. The van der Waals surface area contributed by atoms with E-state index in [1.165, 1.54) is 12.1 Å². The summed E-state index contributed by atoms with van der Waals surface area (Å²) < 4.78 is 11.8. The first-order valence-corrected chi connectivity index (χ1v) is 8.04. The van der Waals surface area contributed by atoms with Crippen molar-refractivity contribution in [3.8, 4) is 17.2 Å². The molecule has 0 saturated heterocycles. The Morgan fingerprint density at radius 1 is 1.13 bits per heavy atom. The van der Waals surface area contributed by atoms with E-state index in [1.54, 1.807) is 24.3 Å². The van der Waals surface area contributed by atoms with Crippen molar-refractivity contribution in [2.75, 3.05) is 18.5 Å². The maximum Gasteiger partial charge on any atom is 0.255 e. The van der Waals surface area contributed by atoms with E-state index in [9.17, 15) is 9.90 Å². The molecule has 0 bridgehead atoms. The summed E-state index contributed by atoms with van der Waals surface area (Å²) in [5, 5.41) is 12.0. The molecule has 0 aromatic heterocycles. The third-order valence-corrected chi connectivity index (χ3v) is 3.57. The van der Waals surface area contributed by atoms with Crippen molar-refractivity contribution in [1.29, 1.82) is 0 Å². The van der Waals surface area contributed by atoms with Gasteiger partial charge in [-0.3, -0.25) is 4.79 Å². The number of carbonyl (C=O) groups is 1. The molecule has 0 atom stereocenters. The Balaban J connectivity index is 2.27. The van der Waals surface area contributed by atoms with Crippen LogP contribution in [0.15, 0.2) is 40.9 Å². The molecule has 6 heteroatoms. The summed E-state index contributed by atoms with van der Waals surface area (Å²) in [4.78, 5) is 12.4. The summed E-state index contributed by atoms with van der Waals surface area (Å²) in [6, 6.07) is 9.60. The van der Waals surface area contributed by atoms with Crippen LogP contribution in [0.3, 0.4) is 0 Å². The number of phenols is 1. The quantitative estimate of drug-likeness (QED) is 0.737. The number of anilines is 1. The molecule has 2 rings (SSSR count). The molecule has 0 fully saturated rings. The van der Waals surface area contributed by atoms with Gasteiger partial charge in [0, 0.05) is 11.3 Å². The summed E-state index contributed by atoms with van der Waals surface area (Å²) in [5.74, 6) is 0.959. The maximum absolute atomic E-state index is 12.4.